The summed E-state index contributed by atoms with van der Waals surface area (Å²) in [4.78, 5) is 2.38. The van der Waals surface area contributed by atoms with Gasteiger partial charge in [-0.2, -0.15) is 0 Å². The van der Waals surface area contributed by atoms with E-state index in [0.717, 1.165) is 55.7 Å². The van der Waals surface area contributed by atoms with Crippen molar-refractivity contribution in [3.05, 3.63) is 237 Å². The highest BCUT2D eigenvalue weighted by Crippen LogP contribution is 2.42. The molecule has 11 aromatic carbocycles. The van der Waals surface area contributed by atoms with Crippen molar-refractivity contribution >= 4 is 71.3 Å². The average molecular weight is 790 g/mol. The Hall–Kier alpha value is -8.20. The lowest BCUT2D eigenvalue weighted by molar-refractivity contribution is 0.669. The quantitative estimate of drug-likeness (QED) is 0.150. The maximum atomic E-state index is 6.27. The third-order valence-corrected chi connectivity index (χ3v) is 12.5. The van der Waals surface area contributed by atoms with Crippen LogP contribution in [-0.2, 0) is 0 Å². The van der Waals surface area contributed by atoms with Crippen LogP contribution >= 0.6 is 0 Å². The number of nitrogens with zero attached hydrogens (tertiary/aromatic N) is 1. The number of fused-ring (bicyclic) bond motifs is 7. The molecule has 0 saturated heterocycles. The molecule has 0 fully saturated rings. The molecule has 0 N–H and O–H groups in total. The minimum Gasteiger partial charge on any atom is -0.456 e. The van der Waals surface area contributed by atoms with Crippen LogP contribution in [0.3, 0.4) is 0 Å². The minimum atomic E-state index is 0.898. The molecule has 290 valence electrons. The lowest BCUT2D eigenvalue weighted by atomic mass is 9.93. The molecular formula is C60H39NO. The Morgan fingerprint density at radius 2 is 0.774 bits per heavy atom. The molecule has 1 heterocycles. The molecule has 0 atom stereocenters. The van der Waals surface area contributed by atoms with Crippen molar-refractivity contribution in [1.29, 1.82) is 0 Å². The Morgan fingerprint density at radius 3 is 1.58 bits per heavy atom. The van der Waals surface area contributed by atoms with Gasteiger partial charge in [0.05, 0.1) is 0 Å². The molecule has 12 rings (SSSR count). The van der Waals surface area contributed by atoms with Crippen molar-refractivity contribution < 1.29 is 4.42 Å². The van der Waals surface area contributed by atoms with Crippen LogP contribution in [0, 0.1) is 0 Å². The van der Waals surface area contributed by atoms with E-state index in [0.29, 0.717) is 0 Å². The van der Waals surface area contributed by atoms with E-state index < -0.39 is 0 Å². The number of para-hydroxylation sites is 1. The maximum Gasteiger partial charge on any atom is 0.136 e. The van der Waals surface area contributed by atoms with Gasteiger partial charge in [-0.05, 0) is 125 Å². The van der Waals surface area contributed by atoms with Crippen LogP contribution in [0.2, 0.25) is 0 Å². The summed E-state index contributed by atoms with van der Waals surface area (Å²) in [7, 11) is 0. The van der Waals surface area contributed by atoms with Gasteiger partial charge < -0.3 is 9.32 Å². The normalized spacial score (nSPS) is 11.5. The third kappa shape index (κ3) is 6.12. The Labute approximate surface area is 360 Å². The highest BCUT2D eigenvalue weighted by atomic mass is 16.3. The number of hydrogen-bond donors (Lipinski definition) is 0. The van der Waals surface area contributed by atoms with Crippen molar-refractivity contribution in [1.82, 2.24) is 0 Å². The molecule has 0 aliphatic carbocycles. The van der Waals surface area contributed by atoms with Gasteiger partial charge in [0.15, 0.2) is 0 Å². The zero-order chi connectivity index (χ0) is 41.0. The summed E-state index contributed by atoms with van der Waals surface area (Å²) in [6, 6.07) is 85.5. The smallest absolute Gasteiger partial charge is 0.136 e. The van der Waals surface area contributed by atoms with Crippen LogP contribution in [0.1, 0.15) is 0 Å². The summed E-state index contributed by atoms with van der Waals surface area (Å²) < 4.78 is 6.27. The van der Waals surface area contributed by atoms with Crippen LogP contribution in [0.5, 0.6) is 0 Å². The van der Waals surface area contributed by atoms with Crippen LogP contribution in [-0.4, -0.2) is 0 Å². The number of hydrogen-bond acceptors (Lipinski definition) is 2. The first-order chi connectivity index (χ1) is 30.7. The summed E-state index contributed by atoms with van der Waals surface area (Å²) in [5.74, 6) is 0. The van der Waals surface area contributed by atoms with Crippen molar-refractivity contribution in [2.45, 2.75) is 0 Å². The lowest BCUT2D eigenvalue weighted by Gasteiger charge is -2.27. The summed E-state index contributed by atoms with van der Waals surface area (Å²) >= 11 is 0. The largest absolute Gasteiger partial charge is 0.456 e. The SMILES string of the molecule is c1cc(-c2ccc(-c3cccc4c3ccc3ccccc34)cc2)cc(N(c2ccc(-c3cccc4oc5ccccc5c34)cc2)c2cccc(-c3cccc4ccccc34)c2)c1. The maximum absolute atomic E-state index is 6.27. The predicted octanol–water partition coefficient (Wildman–Crippen LogP) is 17.2. The van der Waals surface area contributed by atoms with Crippen LogP contribution in [0.4, 0.5) is 17.1 Å². The first-order valence-electron chi connectivity index (χ1n) is 21.2. The van der Waals surface area contributed by atoms with Gasteiger partial charge in [-0.25, -0.2) is 0 Å². The van der Waals surface area contributed by atoms with E-state index in [1.54, 1.807) is 0 Å². The molecule has 2 heteroatoms. The molecule has 12 aromatic rings. The van der Waals surface area contributed by atoms with Gasteiger partial charge in [-0.15, -0.1) is 0 Å². The standard InChI is InChI=1S/C60H39NO/c1-3-19-50-41(12-1)14-9-22-53(50)46-16-8-18-49(39-46)61(47-35-32-44(33-36-47)54-24-11-27-59-60(54)57-21-5-6-26-58(57)62-59)48-17-7-15-45(38-48)40-28-30-43(31-29-40)52-23-10-25-55-51-20-4-2-13-42(51)34-37-56(52)55/h1-39H. The first-order valence-corrected chi connectivity index (χ1v) is 21.2. The molecule has 0 aliphatic heterocycles. The van der Waals surface area contributed by atoms with Gasteiger partial charge in [0.25, 0.3) is 0 Å². The minimum absolute atomic E-state index is 0.898. The van der Waals surface area contributed by atoms with Crippen LogP contribution in [0.25, 0.3) is 98.8 Å². The number of rotatable bonds is 7. The van der Waals surface area contributed by atoms with E-state index in [1.165, 1.54) is 60.1 Å². The monoisotopic (exact) mass is 789 g/mol. The molecule has 0 aliphatic rings. The molecule has 62 heavy (non-hydrogen) atoms. The molecule has 0 unspecified atom stereocenters. The first kappa shape index (κ1) is 35.7. The Kier molecular flexibility index (Phi) is 8.53. The van der Waals surface area contributed by atoms with Crippen LogP contribution in [0.15, 0.2) is 241 Å². The molecular weight excluding hydrogens is 751 g/mol. The molecule has 1 aromatic heterocycles. The van der Waals surface area contributed by atoms with E-state index in [-0.39, 0.29) is 0 Å². The molecule has 0 bridgehead atoms. The summed E-state index contributed by atoms with van der Waals surface area (Å²) in [6.45, 7) is 0. The van der Waals surface area contributed by atoms with E-state index in [1.807, 2.05) is 12.1 Å². The van der Waals surface area contributed by atoms with Gasteiger partial charge in [-0.3, -0.25) is 0 Å². The molecule has 2 nitrogen and oxygen atoms in total. The average Bonchev–Trinajstić information content (AvgIpc) is 3.73. The molecule has 0 spiro atoms. The topological polar surface area (TPSA) is 16.4 Å². The van der Waals surface area contributed by atoms with Crippen LogP contribution < -0.4 is 4.90 Å². The summed E-state index contributed by atoms with van der Waals surface area (Å²) in [5.41, 5.74) is 14.5. The van der Waals surface area contributed by atoms with E-state index in [9.17, 15) is 0 Å². The lowest BCUT2D eigenvalue weighted by Crippen LogP contribution is -2.10. The van der Waals surface area contributed by atoms with Gasteiger partial charge in [0.2, 0.25) is 0 Å². The van der Waals surface area contributed by atoms with Gasteiger partial charge in [-0.1, -0.05) is 188 Å². The van der Waals surface area contributed by atoms with Gasteiger partial charge >= 0.3 is 0 Å². The second-order valence-corrected chi connectivity index (χ2v) is 16.1. The fourth-order valence-electron chi connectivity index (χ4n) is 9.50. The summed E-state index contributed by atoms with van der Waals surface area (Å²) in [5, 5.41) is 9.84. The van der Waals surface area contributed by atoms with Crippen molar-refractivity contribution in [3.8, 4) is 44.5 Å². The second kappa shape index (κ2) is 14.8. The molecule has 0 radical (unpaired) electrons. The number of anilines is 3. The van der Waals surface area contributed by atoms with Crippen molar-refractivity contribution in [3.63, 3.8) is 0 Å². The Bertz CT molecular complexity index is 3630. The fraction of sp³-hybridized carbons (Fsp3) is 0. The van der Waals surface area contributed by atoms with Gasteiger partial charge in [0, 0.05) is 27.8 Å². The van der Waals surface area contributed by atoms with Gasteiger partial charge in [0.1, 0.15) is 11.2 Å². The second-order valence-electron chi connectivity index (χ2n) is 16.1. The third-order valence-electron chi connectivity index (χ3n) is 12.5. The molecule has 0 amide bonds. The predicted molar refractivity (Wildman–Crippen MR) is 263 cm³/mol. The Morgan fingerprint density at radius 1 is 0.258 bits per heavy atom. The number of benzene rings is 11. The zero-order valence-electron chi connectivity index (χ0n) is 33.9. The fourth-order valence-corrected chi connectivity index (χ4v) is 9.50. The van der Waals surface area contributed by atoms with E-state index in [2.05, 4.69) is 229 Å². The highest BCUT2D eigenvalue weighted by Gasteiger charge is 2.18. The highest BCUT2D eigenvalue weighted by molar-refractivity contribution is 6.13. The van der Waals surface area contributed by atoms with E-state index >= 15 is 0 Å². The summed E-state index contributed by atoms with van der Waals surface area (Å²) in [6.07, 6.45) is 0. The van der Waals surface area contributed by atoms with E-state index in [4.69, 9.17) is 4.42 Å². The van der Waals surface area contributed by atoms with Crippen molar-refractivity contribution in [2.75, 3.05) is 4.90 Å². The Balaban J connectivity index is 0.954. The van der Waals surface area contributed by atoms with Crippen molar-refractivity contribution in [2.24, 2.45) is 0 Å². The zero-order valence-corrected chi connectivity index (χ0v) is 33.9. The number of furan rings is 1. The molecule has 0 saturated carbocycles.